The van der Waals surface area contributed by atoms with Gasteiger partial charge in [0.1, 0.15) is 5.75 Å². The van der Waals surface area contributed by atoms with Crippen LogP contribution < -0.4 is 15.4 Å². The summed E-state index contributed by atoms with van der Waals surface area (Å²) in [6, 6.07) is 11.9. The van der Waals surface area contributed by atoms with Crippen molar-refractivity contribution >= 4 is 28.9 Å². The Balaban J connectivity index is 1.90. The summed E-state index contributed by atoms with van der Waals surface area (Å²) in [4.78, 5) is 12.0. The first-order chi connectivity index (χ1) is 12.7. The molecule has 0 radical (unpaired) electrons. The third-order valence-corrected chi connectivity index (χ3v) is 3.80. The van der Waals surface area contributed by atoms with Crippen LogP contribution >= 0.6 is 12.2 Å². The van der Waals surface area contributed by atoms with E-state index >= 15 is 0 Å². The number of ether oxygens (including phenoxy) is 1. The van der Waals surface area contributed by atoms with E-state index in [9.17, 15) is 18.0 Å². The number of benzene rings is 2. The lowest BCUT2D eigenvalue weighted by Gasteiger charge is -2.14. The summed E-state index contributed by atoms with van der Waals surface area (Å²) in [5.41, 5.74) is 0.284. The Morgan fingerprint density at radius 3 is 2.52 bits per heavy atom. The van der Waals surface area contributed by atoms with E-state index in [1.165, 1.54) is 12.1 Å². The molecule has 8 heteroatoms. The number of carbonyl (C=O) groups excluding carboxylic acids is 1. The van der Waals surface area contributed by atoms with Crippen molar-refractivity contribution in [1.82, 2.24) is 5.32 Å². The van der Waals surface area contributed by atoms with Gasteiger partial charge in [0.2, 0.25) is 0 Å². The van der Waals surface area contributed by atoms with E-state index in [1.807, 2.05) is 26.0 Å². The maximum Gasteiger partial charge on any atom is 0.416 e. The average molecular weight is 396 g/mol. The third kappa shape index (κ3) is 6.25. The number of hydrogen-bond donors (Lipinski definition) is 2. The van der Waals surface area contributed by atoms with Crippen LogP contribution in [0.1, 0.15) is 30.9 Å². The molecule has 0 saturated carbocycles. The van der Waals surface area contributed by atoms with Crippen LogP contribution in [-0.4, -0.2) is 17.6 Å². The van der Waals surface area contributed by atoms with Crippen molar-refractivity contribution in [1.29, 1.82) is 0 Å². The molecule has 0 aliphatic rings. The fourth-order valence-electron chi connectivity index (χ4n) is 2.33. The monoisotopic (exact) mass is 396 g/mol. The van der Waals surface area contributed by atoms with E-state index in [2.05, 4.69) is 10.6 Å². The van der Waals surface area contributed by atoms with E-state index in [1.54, 1.807) is 12.1 Å². The molecule has 0 bridgehead atoms. The van der Waals surface area contributed by atoms with Crippen molar-refractivity contribution in [2.45, 2.75) is 25.9 Å². The van der Waals surface area contributed by atoms with E-state index in [0.29, 0.717) is 5.75 Å². The molecule has 0 unspecified atom stereocenters. The molecule has 1 amide bonds. The zero-order valence-electron chi connectivity index (χ0n) is 14.8. The molecule has 27 heavy (non-hydrogen) atoms. The Kier molecular flexibility index (Phi) is 6.79. The highest BCUT2D eigenvalue weighted by molar-refractivity contribution is 7.80. The number of hydrogen-bond acceptors (Lipinski definition) is 3. The van der Waals surface area contributed by atoms with Crippen LogP contribution in [-0.2, 0) is 11.0 Å². The average Bonchev–Trinajstić information content (AvgIpc) is 2.59. The number of halogens is 3. The van der Waals surface area contributed by atoms with E-state index in [-0.39, 0.29) is 23.3 Å². The van der Waals surface area contributed by atoms with Gasteiger partial charge in [0.05, 0.1) is 5.56 Å². The zero-order valence-corrected chi connectivity index (χ0v) is 15.6. The minimum absolute atomic E-state index is 0.111. The van der Waals surface area contributed by atoms with Crippen LogP contribution in [0, 0.1) is 0 Å². The van der Waals surface area contributed by atoms with Crippen LogP contribution in [0.4, 0.5) is 18.9 Å². The molecule has 0 aromatic heterocycles. The second-order valence-electron chi connectivity index (χ2n) is 6.06. The van der Waals surface area contributed by atoms with Gasteiger partial charge in [-0.15, -0.1) is 0 Å². The largest absolute Gasteiger partial charge is 0.483 e. The number of alkyl halides is 3. The molecule has 144 valence electrons. The van der Waals surface area contributed by atoms with Gasteiger partial charge in [-0.25, -0.2) is 0 Å². The molecule has 0 fully saturated rings. The quantitative estimate of drug-likeness (QED) is 0.718. The second-order valence-corrected chi connectivity index (χ2v) is 6.47. The summed E-state index contributed by atoms with van der Waals surface area (Å²) >= 11 is 4.97. The summed E-state index contributed by atoms with van der Waals surface area (Å²) in [5, 5.41) is 4.83. The molecule has 0 spiro atoms. The molecule has 0 heterocycles. The molecule has 0 saturated heterocycles. The van der Waals surface area contributed by atoms with Gasteiger partial charge in [0, 0.05) is 5.69 Å². The van der Waals surface area contributed by atoms with Crippen molar-refractivity contribution in [3.05, 3.63) is 59.7 Å². The Morgan fingerprint density at radius 2 is 1.85 bits per heavy atom. The van der Waals surface area contributed by atoms with Gasteiger partial charge < -0.3 is 10.1 Å². The second kappa shape index (κ2) is 8.85. The number of para-hydroxylation sites is 1. The van der Waals surface area contributed by atoms with Crippen LogP contribution in [0.25, 0.3) is 0 Å². The van der Waals surface area contributed by atoms with Gasteiger partial charge in [-0.3, -0.25) is 10.1 Å². The highest BCUT2D eigenvalue weighted by Gasteiger charge is 2.30. The maximum atomic E-state index is 12.7. The molecule has 0 aliphatic heterocycles. The Hall–Kier alpha value is -2.61. The Bertz CT molecular complexity index is 823. The number of carbonyl (C=O) groups is 1. The van der Waals surface area contributed by atoms with Crippen LogP contribution in [0.2, 0.25) is 0 Å². The van der Waals surface area contributed by atoms with Crippen molar-refractivity contribution in [3.8, 4) is 5.75 Å². The summed E-state index contributed by atoms with van der Waals surface area (Å²) in [6.07, 6.45) is -4.46. The number of anilines is 1. The first kappa shape index (κ1) is 20.7. The summed E-state index contributed by atoms with van der Waals surface area (Å²) < 4.78 is 43.7. The normalized spacial score (nSPS) is 11.2. The van der Waals surface area contributed by atoms with E-state index in [4.69, 9.17) is 17.0 Å². The molecular weight excluding hydrogens is 377 g/mol. The first-order valence-corrected chi connectivity index (χ1v) is 8.57. The topological polar surface area (TPSA) is 50.4 Å². The predicted octanol–water partition coefficient (Wildman–Crippen LogP) is 4.72. The molecule has 2 N–H and O–H groups in total. The van der Waals surface area contributed by atoms with Gasteiger partial charge in [-0.1, -0.05) is 38.1 Å². The Morgan fingerprint density at radius 1 is 1.15 bits per heavy atom. The van der Waals surface area contributed by atoms with Gasteiger partial charge in [0.25, 0.3) is 5.91 Å². The predicted molar refractivity (Wildman–Crippen MR) is 102 cm³/mol. The molecule has 2 aromatic rings. The van der Waals surface area contributed by atoms with E-state index < -0.39 is 17.6 Å². The zero-order chi connectivity index (χ0) is 20.0. The lowest BCUT2D eigenvalue weighted by Crippen LogP contribution is -2.37. The van der Waals surface area contributed by atoms with Crippen molar-refractivity contribution in [3.63, 3.8) is 0 Å². The lowest BCUT2D eigenvalue weighted by atomic mass is 10.0. The number of rotatable bonds is 5. The summed E-state index contributed by atoms with van der Waals surface area (Å²) in [6.45, 7) is 3.75. The van der Waals surface area contributed by atoms with Crippen LogP contribution in [0.5, 0.6) is 5.75 Å². The SMILES string of the molecule is CC(C)c1ccccc1OCC(=O)NC(=S)Nc1cccc(C(F)(F)F)c1. The number of amides is 1. The Labute approximate surface area is 160 Å². The number of thiocarbonyl (C=S) groups is 1. The minimum atomic E-state index is -4.46. The standard InChI is InChI=1S/C19H19F3N2O2S/c1-12(2)15-8-3-4-9-16(15)26-11-17(25)24-18(27)23-14-7-5-6-13(10-14)19(20,21)22/h3-10,12H,11H2,1-2H3,(H2,23,24,25,27). The van der Waals surface area contributed by atoms with Gasteiger partial charge in [-0.05, 0) is 48.0 Å². The molecule has 0 aliphatic carbocycles. The molecule has 2 aromatic carbocycles. The molecule has 4 nitrogen and oxygen atoms in total. The first-order valence-electron chi connectivity index (χ1n) is 8.16. The van der Waals surface area contributed by atoms with Crippen molar-refractivity contribution in [2.75, 3.05) is 11.9 Å². The van der Waals surface area contributed by atoms with Crippen LogP contribution in [0.3, 0.4) is 0 Å². The smallest absolute Gasteiger partial charge is 0.416 e. The van der Waals surface area contributed by atoms with Gasteiger partial charge >= 0.3 is 6.18 Å². The molecule has 0 atom stereocenters. The fourth-order valence-corrected chi connectivity index (χ4v) is 2.56. The summed E-state index contributed by atoms with van der Waals surface area (Å²) in [7, 11) is 0. The summed E-state index contributed by atoms with van der Waals surface area (Å²) in [5.74, 6) is 0.311. The third-order valence-electron chi connectivity index (χ3n) is 3.60. The van der Waals surface area contributed by atoms with Gasteiger partial charge in [-0.2, -0.15) is 13.2 Å². The highest BCUT2D eigenvalue weighted by Crippen LogP contribution is 2.30. The maximum absolute atomic E-state index is 12.7. The van der Waals surface area contributed by atoms with Gasteiger partial charge in [0.15, 0.2) is 11.7 Å². The van der Waals surface area contributed by atoms with E-state index in [0.717, 1.165) is 17.7 Å². The fraction of sp³-hybridized carbons (Fsp3) is 0.263. The van der Waals surface area contributed by atoms with Crippen molar-refractivity contribution < 1.29 is 22.7 Å². The molecular formula is C19H19F3N2O2S. The molecule has 2 rings (SSSR count). The van der Waals surface area contributed by atoms with Crippen molar-refractivity contribution in [2.24, 2.45) is 0 Å². The number of nitrogens with one attached hydrogen (secondary N) is 2. The minimum Gasteiger partial charge on any atom is -0.483 e. The lowest BCUT2D eigenvalue weighted by molar-refractivity contribution is -0.137. The highest BCUT2D eigenvalue weighted by atomic mass is 32.1. The van der Waals surface area contributed by atoms with Crippen LogP contribution in [0.15, 0.2) is 48.5 Å².